The van der Waals surface area contributed by atoms with Crippen molar-refractivity contribution >= 4 is 5.97 Å². The predicted octanol–water partition coefficient (Wildman–Crippen LogP) is 3.91. The van der Waals surface area contributed by atoms with Gasteiger partial charge in [-0.15, -0.1) is 0 Å². The van der Waals surface area contributed by atoms with Crippen LogP contribution in [0.1, 0.15) is 77.6 Å². The van der Waals surface area contributed by atoms with Crippen LogP contribution in [-0.4, -0.2) is 46.7 Å². The summed E-state index contributed by atoms with van der Waals surface area (Å²) in [5, 5.41) is 31.6. The van der Waals surface area contributed by atoms with Gasteiger partial charge in [-0.05, 0) is 49.9 Å². The molecule has 5 atom stereocenters. The molecule has 0 radical (unpaired) electrons. The molecule has 2 rings (SSSR count). The molecule has 2 aliphatic carbocycles. The number of carbonyl (C=O) groups excluding carboxylic acids is 1. The molecule has 0 aromatic rings. The number of unbranched alkanes of at least 4 members (excludes halogenated alkanes) is 2. The molecule has 0 heterocycles. The molecule has 0 aromatic carbocycles. The molecule has 5 nitrogen and oxygen atoms in total. The predicted molar refractivity (Wildman–Crippen MR) is 114 cm³/mol. The molecule has 5 heteroatoms. The van der Waals surface area contributed by atoms with Crippen LogP contribution >= 0.6 is 0 Å². The fraction of sp³-hybridized carbons (Fsp3) is 0.792. The Kier molecular flexibility index (Phi) is 9.87. The molecular formula is C24H40O5. The average molecular weight is 409 g/mol. The molecule has 0 unspecified atom stereocenters. The van der Waals surface area contributed by atoms with Crippen LogP contribution in [0, 0.1) is 17.3 Å². The van der Waals surface area contributed by atoms with Crippen LogP contribution in [0.15, 0.2) is 24.3 Å². The monoisotopic (exact) mass is 408 g/mol. The van der Waals surface area contributed by atoms with E-state index in [0.717, 1.165) is 44.9 Å². The van der Waals surface area contributed by atoms with Gasteiger partial charge < -0.3 is 20.1 Å². The van der Waals surface area contributed by atoms with E-state index in [1.54, 1.807) is 0 Å². The molecule has 0 saturated heterocycles. The molecule has 0 amide bonds. The summed E-state index contributed by atoms with van der Waals surface area (Å²) in [5.74, 6) is -0.374. The van der Waals surface area contributed by atoms with Crippen molar-refractivity contribution in [2.45, 2.75) is 95.9 Å². The number of methoxy groups -OCH3 is 1. The van der Waals surface area contributed by atoms with E-state index >= 15 is 0 Å². The number of rotatable bonds is 12. The smallest absolute Gasteiger partial charge is 0.305 e. The number of hydrogen-bond acceptors (Lipinski definition) is 5. The van der Waals surface area contributed by atoms with Gasteiger partial charge in [0.2, 0.25) is 0 Å². The number of esters is 1. The van der Waals surface area contributed by atoms with Crippen LogP contribution in [0.25, 0.3) is 0 Å². The molecule has 0 bridgehead atoms. The van der Waals surface area contributed by atoms with Gasteiger partial charge in [0.25, 0.3) is 0 Å². The summed E-state index contributed by atoms with van der Waals surface area (Å²) in [5.41, 5.74) is 0.0176. The van der Waals surface area contributed by atoms with Crippen LogP contribution in [0.5, 0.6) is 0 Å². The highest BCUT2D eigenvalue weighted by molar-refractivity contribution is 5.69. The van der Waals surface area contributed by atoms with Crippen molar-refractivity contribution in [1.29, 1.82) is 0 Å². The Hall–Kier alpha value is -1.17. The zero-order chi connectivity index (χ0) is 21.3. The summed E-state index contributed by atoms with van der Waals surface area (Å²) in [4.78, 5) is 11.1. The summed E-state index contributed by atoms with van der Waals surface area (Å²) in [6, 6.07) is 0. The standard InChI is InChI=1S/C24H40O5/c1-3-4-14-24(15-9-16-24)22(27)13-12-19-18(20(25)17-21(19)26)10-7-5-6-8-11-23(28)29-2/h5,7,12-13,18-22,25-27H,3-4,6,8-11,14-17H2,1-2H3/t18-,19-,20+,21-,22-/m1/s1. The molecule has 2 fully saturated rings. The van der Waals surface area contributed by atoms with E-state index in [2.05, 4.69) is 11.7 Å². The highest BCUT2D eigenvalue weighted by atomic mass is 16.5. The lowest BCUT2D eigenvalue weighted by Crippen LogP contribution is -2.40. The molecule has 29 heavy (non-hydrogen) atoms. The second-order valence-electron chi connectivity index (χ2n) is 8.94. The fourth-order valence-corrected chi connectivity index (χ4v) is 4.83. The Labute approximate surface area is 175 Å². The lowest BCUT2D eigenvalue weighted by molar-refractivity contribution is -0.140. The number of ether oxygens (including phenoxy) is 1. The third-order valence-corrected chi connectivity index (χ3v) is 6.99. The lowest BCUT2D eigenvalue weighted by atomic mass is 9.62. The zero-order valence-corrected chi connectivity index (χ0v) is 18.1. The molecule has 166 valence electrons. The summed E-state index contributed by atoms with van der Waals surface area (Å²) in [6.45, 7) is 2.18. The maximum atomic E-state index is 11.1. The van der Waals surface area contributed by atoms with Gasteiger partial charge in [0.1, 0.15) is 0 Å². The van der Waals surface area contributed by atoms with Gasteiger partial charge in [0.15, 0.2) is 0 Å². The average Bonchev–Trinajstić information content (AvgIpc) is 2.94. The van der Waals surface area contributed by atoms with Crippen LogP contribution < -0.4 is 0 Å². The first-order valence-corrected chi connectivity index (χ1v) is 11.4. The Balaban J connectivity index is 1.88. The zero-order valence-electron chi connectivity index (χ0n) is 18.1. The summed E-state index contributed by atoms with van der Waals surface area (Å²) in [7, 11) is 1.40. The van der Waals surface area contributed by atoms with E-state index < -0.39 is 18.3 Å². The van der Waals surface area contributed by atoms with Crippen LogP contribution in [0.2, 0.25) is 0 Å². The third-order valence-electron chi connectivity index (χ3n) is 6.99. The van der Waals surface area contributed by atoms with Crippen LogP contribution in [-0.2, 0) is 9.53 Å². The first-order valence-electron chi connectivity index (χ1n) is 11.4. The second-order valence-corrected chi connectivity index (χ2v) is 8.94. The van der Waals surface area contributed by atoms with Crippen molar-refractivity contribution in [2.75, 3.05) is 7.11 Å². The number of hydrogen-bond donors (Lipinski definition) is 3. The first kappa shape index (κ1) is 24.1. The fourth-order valence-electron chi connectivity index (χ4n) is 4.83. The highest BCUT2D eigenvalue weighted by Gasteiger charge is 2.43. The van der Waals surface area contributed by atoms with E-state index in [1.807, 2.05) is 24.3 Å². The number of carbonyl (C=O) groups is 1. The van der Waals surface area contributed by atoms with Gasteiger partial charge in [-0.1, -0.05) is 50.5 Å². The topological polar surface area (TPSA) is 87.0 Å². The van der Waals surface area contributed by atoms with E-state index in [-0.39, 0.29) is 23.2 Å². The highest BCUT2D eigenvalue weighted by Crippen LogP contribution is 2.48. The van der Waals surface area contributed by atoms with E-state index in [0.29, 0.717) is 19.3 Å². The van der Waals surface area contributed by atoms with Gasteiger partial charge in [0.05, 0.1) is 25.4 Å². The maximum Gasteiger partial charge on any atom is 0.305 e. The van der Waals surface area contributed by atoms with Crippen molar-refractivity contribution in [3.63, 3.8) is 0 Å². The van der Waals surface area contributed by atoms with Crippen LogP contribution in [0.3, 0.4) is 0 Å². The third kappa shape index (κ3) is 6.66. The van der Waals surface area contributed by atoms with Crippen molar-refractivity contribution in [3.8, 4) is 0 Å². The molecule has 2 aliphatic rings. The van der Waals surface area contributed by atoms with Crippen molar-refractivity contribution in [1.82, 2.24) is 0 Å². The number of aliphatic hydroxyl groups is 3. The number of allylic oxidation sites excluding steroid dienone is 2. The van der Waals surface area contributed by atoms with Crippen molar-refractivity contribution < 1.29 is 24.9 Å². The first-order chi connectivity index (χ1) is 13.9. The summed E-state index contributed by atoms with van der Waals surface area (Å²) in [6.07, 6.45) is 16.0. The molecular weight excluding hydrogens is 368 g/mol. The van der Waals surface area contributed by atoms with Crippen LogP contribution in [0.4, 0.5) is 0 Å². The quantitative estimate of drug-likeness (QED) is 0.259. The Morgan fingerprint density at radius 3 is 2.59 bits per heavy atom. The second kappa shape index (κ2) is 11.9. The van der Waals surface area contributed by atoms with Crippen molar-refractivity contribution in [3.05, 3.63) is 24.3 Å². The minimum Gasteiger partial charge on any atom is -0.469 e. The van der Waals surface area contributed by atoms with Gasteiger partial charge in [0, 0.05) is 18.8 Å². The molecule has 2 saturated carbocycles. The van der Waals surface area contributed by atoms with Crippen molar-refractivity contribution in [2.24, 2.45) is 17.3 Å². The normalized spacial score (nSPS) is 30.0. The SMILES string of the molecule is CCCCC1([C@H](O)C=C[C@@H]2[C@@H](CC=CCCCC(=O)OC)[C@@H](O)C[C@H]2O)CCC1. The molecule has 0 aromatic heterocycles. The Bertz CT molecular complexity index is 551. The molecule has 3 N–H and O–H groups in total. The van der Waals surface area contributed by atoms with E-state index in [1.165, 1.54) is 13.5 Å². The molecule has 0 spiro atoms. The minimum absolute atomic E-state index is 0.0176. The molecule has 0 aliphatic heterocycles. The van der Waals surface area contributed by atoms with Gasteiger partial charge in [-0.2, -0.15) is 0 Å². The lowest BCUT2D eigenvalue weighted by Gasteiger charge is -2.45. The Morgan fingerprint density at radius 1 is 1.21 bits per heavy atom. The van der Waals surface area contributed by atoms with Gasteiger partial charge in [-0.25, -0.2) is 0 Å². The largest absolute Gasteiger partial charge is 0.469 e. The summed E-state index contributed by atoms with van der Waals surface area (Å²) >= 11 is 0. The summed E-state index contributed by atoms with van der Waals surface area (Å²) < 4.78 is 4.63. The number of aliphatic hydroxyl groups excluding tert-OH is 3. The van der Waals surface area contributed by atoms with Gasteiger partial charge in [-0.3, -0.25) is 4.79 Å². The van der Waals surface area contributed by atoms with E-state index in [4.69, 9.17) is 0 Å². The van der Waals surface area contributed by atoms with E-state index in [9.17, 15) is 20.1 Å². The Morgan fingerprint density at radius 2 is 1.97 bits per heavy atom. The van der Waals surface area contributed by atoms with Gasteiger partial charge >= 0.3 is 5.97 Å². The minimum atomic E-state index is -0.570. The maximum absolute atomic E-state index is 11.1.